The molecule has 0 atom stereocenters. The van der Waals surface area contributed by atoms with Crippen LogP contribution >= 0.6 is 11.8 Å². The van der Waals surface area contributed by atoms with Gasteiger partial charge in [-0.15, -0.1) is 0 Å². The normalized spacial score (nSPS) is 15.9. The first-order chi connectivity index (χ1) is 12.6. The number of rotatable bonds is 7. The number of nitrogens with zero attached hydrogens (tertiary/aromatic N) is 1. The number of imide groups is 1. The van der Waals surface area contributed by atoms with Crippen LogP contribution in [0.25, 0.3) is 6.08 Å². The van der Waals surface area contributed by atoms with Crippen LogP contribution in [0.4, 0.5) is 10.5 Å². The summed E-state index contributed by atoms with van der Waals surface area (Å²) in [6.07, 6.45) is 5.02. The summed E-state index contributed by atoms with van der Waals surface area (Å²) in [6, 6.07) is 11.7. The van der Waals surface area contributed by atoms with Gasteiger partial charge in [0.15, 0.2) is 0 Å². The highest BCUT2D eigenvalue weighted by atomic mass is 32.2. The van der Waals surface area contributed by atoms with Crippen LogP contribution in [0.1, 0.15) is 36.8 Å². The summed E-state index contributed by atoms with van der Waals surface area (Å²) in [5, 5.41) is 2.86. The first-order valence-corrected chi connectivity index (χ1v) is 9.53. The van der Waals surface area contributed by atoms with Crippen LogP contribution in [-0.2, 0) is 11.2 Å². The van der Waals surface area contributed by atoms with Crippen molar-refractivity contribution in [2.75, 3.05) is 12.0 Å². The minimum atomic E-state index is -0.305. The van der Waals surface area contributed by atoms with Crippen molar-refractivity contribution in [3.05, 3.63) is 58.4 Å². The van der Waals surface area contributed by atoms with E-state index in [1.807, 2.05) is 25.1 Å². The summed E-state index contributed by atoms with van der Waals surface area (Å²) in [6.45, 7) is 4.15. The molecule has 1 aromatic heterocycles. The fourth-order valence-corrected chi connectivity index (χ4v) is 3.46. The van der Waals surface area contributed by atoms with Gasteiger partial charge in [0.25, 0.3) is 11.1 Å². The van der Waals surface area contributed by atoms with Gasteiger partial charge in [0.05, 0.1) is 11.6 Å². The lowest BCUT2D eigenvalue weighted by Gasteiger charge is -2.14. The SMILES string of the molecule is CCCCc1ccc(NCN2C(=O)S/C(=C/c3ccc(C)o3)C2=O)cc1. The van der Waals surface area contributed by atoms with Crippen LogP contribution in [0.15, 0.2) is 45.7 Å². The van der Waals surface area contributed by atoms with Gasteiger partial charge < -0.3 is 9.73 Å². The van der Waals surface area contributed by atoms with E-state index in [1.54, 1.807) is 12.1 Å². The van der Waals surface area contributed by atoms with E-state index in [1.165, 1.54) is 23.3 Å². The molecule has 0 radical (unpaired) electrons. The van der Waals surface area contributed by atoms with E-state index in [0.29, 0.717) is 10.7 Å². The molecule has 0 saturated carbocycles. The van der Waals surface area contributed by atoms with Crippen LogP contribution in [0, 0.1) is 6.92 Å². The molecule has 1 aliphatic rings. The number of carbonyl (C=O) groups excluding carboxylic acids is 2. The molecule has 1 fully saturated rings. The Hall–Kier alpha value is -2.47. The van der Waals surface area contributed by atoms with E-state index in [0.717, 1.165) is 29.6 Å². The Morgan fingerprint density at radius 1 is 1.15 bits per heavy atom. The summed E-state index contributed by atoms with van der Waals surface area (Å²) < 4.78 is 5.45. The van der Waals surface area contributed by atoms with Crippen molar-refractivity contribution in [3.63, 3.8) is 0 Å². The molecule has 1 saturated heterocycles. The van der Waals surface area contributed by atoms with E-state index in [4.69, 9.17) is 4.42 Å². The third-order valence-electron chi connectivity index (χ3n) is 4.12. The van der Waals surface area contributed by atoms with E-state index in [9.17, 15) is 9.59 Å². The van der Waals surface area contributed by atoms with Crippen molar-refractivity contribution in [3.8, 4) is 0 Å². The van der Waals surface area contributed by atoms with Crippen molar-refractivity contribution < 1.29 is 14.0 Å². The molecular formula is C20H22N2O3S. The van der Waals surface area contributed by atoms with E-state index < -0.39 is 0 Å². The molecule has 0 bridgehead atoms. The van der Waals surface area contributed by atoms with Crippen LogP contribution in [0.3, 0.4) is 0 Å². The van der Waals surface area contributed by atoms with Gasteiger partial charge in [-0.05, 0) is 61.4 Å². The average Bonchev–Trinajstić information content (AvgIpc) is 3.16. The Kier molecular flexibility index (Phi) is 5.83. The first-order valence-electron chi connectivity index (χ1n) is 8.71. The molecule has 1 aliphatic heterocycles. The molecule has 3 rings (SSSR count). The van der Waals surface area contributed by atoms with Gasteiger partial charge in [0.1, 0.15) is 11.5 Å². The predicted molar refractivity (Wildman–Crippen MR) is 105 cm³/mol. The van der Waals surface area contributed by atoms with Gasteiger partial charge in [0, 0.05) is 11.8 Å². The largest absolute Gasteiger partial charge is 0.462 e. The van der Waals surface area contributed by atoms with Crippen LogP contribution < -0.4 is 5.32 Å². The number of anilines is 1. The van der Waals surface area contributed by atoms with Crippen molar-refractivity contribution in [1.82, 2.24) is 4.90 Å². The van der Waals surface area contributed by atoms with Crippen LogP contribution in [0.2, 0.25) is 0 Å². The number of thioether (sulfide) groups is 1. The third-order valence-corrected chi connectivity index (χ3v) is 5.03. The molecule has 2 heterocycles. The highest BCUT2D eigenvalue weighted by Gasteiger charge is 2.35. The highest BCUT2D eigenvalue weighted by Crippen LogP contribution is 2.32. The topological polar surface area (TPSA) is 62.6 Å². The number of furan rings is 1. The number of amides is 2. The number of benzene rings is 1. The second-order valence-corrected chi connectivity index (χ2v) is 7.19. The van der Waals surface area contributed by atoms with Crippen LogP contribution in [-0.4, -0.2) is 22.7 Å². The minimum Gasteiger partial charge on any atom is -0.462 e. The molecule has 1 aromatic carbocycles. The fraction of sp³-hybridized carbons (Fsp3) is 0.300. The quantitative estimate of drug-likeness (QED) is 0.692. The van der Waals surface area contributed by atoms with Gasteiger partial charge in [-0.2, -0.15) is 0 Å². The Labute approximate surface area is 157 Å². The Bertz CT molecular complexity index is 824. The molecule has 2 aromatic rings. The molecule has 5 nitrogen and oxygen atoms in total. The third kappa shape index (κ3) is 4.38. The number of hydrogen-bond donors (Lipinski definition) is 1. The second-order valence-electron chi connectivity index (χ2n) is 6.19. The monoisotopic (exact) mass is 370 g/mol. The first kappa shape index (κ1) is 18.3. The summed E-state index contributed by atoms with van der Waals surface area (Å²) >= 11 is 0.931. The molecule has 6 heteroatoms. The number of nitrogens with one attached hydrogen (secondary N) is 1. The standard InChI is InChI=1S/C20H22N2O3S/c1-3-4-5-15-7-9-16(10-8-15)21-13-22-19(23)18(26-20(22)24)12-17-11-6-14(2)25-17/h6-12,21H,3-5,13H2,1-2H3/b18-12+. The summed E-state index contributed by atoms with van der Waals surface area (Å²) in [7, 11) is 0. The molecule has 2 amide bonds. The lowest BCUT2D eigenvalue weighted by molar-refractivity contribution is -0.122. The molecule has 136 valence electrons. The van der Waals surface area contributed by atoms with Crippen molar-refractivity contribution in [1.29, 1.82) is 0 Å². The van der Waals surface area contributed by atoms with Crippen molar-refractivity contribution in [2.24, 2.45) is 0 Å². The second kappa shape index (κ2) is 8.27. The maximum atomic E-state index is 12.5. The van der Waals surface area contributed by atoms with Gasteiger partial charge in [-0.3, -0.25) is 14.5 Å². The number of unbranched alkanes of at least 4 members (excludes halogenated alkanes) is 1. The molecule has 0 unspecified atom stereocenters. The predicted octanol–water partition coefficient (Wildman–Crippen LogP) is 5.04. The molecule has 26 heavy (non-hydrogen) atoms. The lowest BCUT2D eigenvalue weighted by Crippen LogP contribution is -2.33. The smallest absolute Gasteiger partial charge is 0.295 e. The van der Waals surface area contributed by atoms with Gasteiger partial charge in [-0.1, -0.05) is 25.5 Å². The zero-order valence-corrected chi connectivity index (χ0v) is 15.8. The van der Waals surface area contributed by atoms with Crippen LogP contribution in [0.5, 0.6) is 0 Å². The van der Waals surface area contributed by atoms with Crippen molar-refractivity contribution in [2.45, 2.75) is 33.1 Å². The summed E-state index contributed by atoms with van der Waals surface area (Å²) in [5.41, 5.74) is 2.18. The number of aryl methyl sites for hydroxylation is 2. The van der Waals surface area contributed by atoms with Crippen molar-refractivity contribution >= 4 is 34.7 Å². The maximum Gasteiger partial charge on any atom is 0.295 e. The van der Waals surface area contributed by atoms with Gasteiger partial charge in [-0.25, -0.2) is 0 Å². The maximum absolute atomic E-state index is 12.5. The highest BCUT2D eigenvalue weighted by molar-refractivity contribution is 8.18. The molecule has 1 N–H and O–H groups in total. The van der Waals surface area contributed by atoms with E-state index >= 15 is 0 Å². The zero-order valence-electron chi connectivity index (χ0n) is 15.0. The van der Waals surface area contributed by atoms with Gasteiger partial charge in [0.2, 0.25) is 0 Å². The Balaban J connectivity index is 1.60. The average molecular weight is 370 g/mol. The Morgan fingerprint density at radius 3 is 2.58 bits per heavy atom. The number of carbonyl (C=O) groups is 2. The number of hydrogen-bond acceptors (Lipinski definition) is 5. The lowest BCUT2D eigenvalue weighted by atomic mass is 10.1. The minimum absolute atomic E-state index is 0.146. The molecule has 0 aliphatic carbocycles. The molecular weight excluding hydrogens is 348 g/mol. The summed E-state index contributed by atoms with van der Waals surface area (Å²) in [5.74, 6) is 1.03. The molecule has 0 spiro atoms. The van der Waals surface area contributed by atoms with E-state index in [2.05, 4.69) is 24.4 Å². The Morgan fingerprint density at radius 2 is 1.92 bits per heavy atom. The summed E-state index contributed by atoms with van der Waals surface area (Å²) in [4.78, 5) is 26.2. The van der Waals surface area contributed by atoms with Gasteiger partial charge >= 0.3 is 0 Å². The van der Waals surface area contributed by atoms with E-state index in [-0.39, 0.29) is 17.8 Å². The zero-order chi connectivity index (χ0) is 18.5. The fourth-order valence-electron chi connectivity index (χ4n) is 2.64.